The third-order valence-corrected chi connectivity index (χ3v) is 1.27. The summed E-state index contributed by atoms with van der Waals surface area (Å²) >= 11 is 0. The summed E-state index contributed by atoms with van der Waals surface area (Å²) in [5.41, 5.74) is 0. The van der Waals surface area contributed by atoms with E-state index in [1.807, 2.05) is 5.32 Å². The van der Waals surface area contributed by atoms with Crippen molar-refractivity contribution < 1.29 is 22.7 Å². The number of aromatic amines is 1. The first-order chi connectivity index (χ1) is 6.90. The zero-order chi connectivity index (χ0) is 11.5. The van der Waals surface area contributed by atoms with Gasteiger partial charge in [0.05, 0.1) is 7.11 Å². The van der Waals surface area contributed by atoms with Crippen molar-refractivity contribution in [2.24, 2.45) is 0 Å². The molecule has 0 radical (unpaired) electrons. The maximum absolute atomic E-state index is 11.7. The molecule has 0 spiro atoms. The molecule has 84 valence electrons. The van der Waals surface area contributed by atoms with Gasteiger partial charge in [-0.25, -0.2) is 5.10 Å². The molecule has 1 aromatic heterocycles. The van der Waals surface area contributed by atoms with E-state index in [4.69, 9.17) is 0 Å². The molecule has 0 atom stereocenters. The first-order valence-corrected chi connectivity index (χ1v) is 3.73. The summed E-state index contributed by atoms with van der Waals surface area (Å²) in [5, 5.41) is 7.50. The lowest BCUT2D eigenvalue weighted by molar-refractivity contribution is -0.150. The third kappa shape index (κ3) is 3.83. The van der Waals surface area contributed by atoms with Crippen LogP contribution < -0.4 is 10.1 Å². The number of rotatable bonds is 3. The van der Waals surface area contributed by atoms with Gasteiger partial charge < -0.3 is 4.74 Å². The number of carbonyl (C=O) groups is 1. The van der Waals surface area contributed by atoms with Gasteiger partial charge in [-0.15, -0.1) is 5.10 Å². The molecule has 2 N–H and O–H groups in total. The zero-order valence-electron chi connectivity index (χ0n) is 7.55. The van der Waals surface area contributed by atoms with E-state index in [0.717, 1.165) is 0 Å². The van der Waals surface area contributed by atoms with Crippen molar-refractivity contribution in [1.29, 1.82) is 0 Å². The first kappa shape index (κ1) is 11.3. The smallest absolute Gasteiger partial charge is 0.397 e. The van der Waals surface area contributed by atoms with Crippen LogP contribution in [-0.4, -0.2) is 34.4 Å². The minimum absolute atomic E-state index is 0.0719. The molecule has 0 aliphatic carbocycles. The van der Waals surface area contributed by atoms with Crippen molar-refractivity contribution in [1.82, 2.24) is 15.2 Å². The highest BCUT2D eigenvalue weighted by Gasteiger charge is 2.31. The molecule has 1 amide bonds. The number of hydrogen-bond donors (Lipinski definition) is 2. The second-order valence-corrected chi connectivity index (χ2v) is 2.51. The van der Waals surface area contributed by atoms with Crippen molar-refractivity contribution in [2.45, 2.75) is 12.6 Å². The van der Waals surface area contributed by atoms with Crippen LogP contribution in [0.15, 0.2) is 0 Å². The lowest BCUT2D eigenvalue weighted by Crippen LogP contribution is -2.21. The van der Waals surface area contributed by atoms with Crippen LogP contribution in [-0.2, 0) is 4.79 Å². The molecule has 6 nitrogen and oxygen atoms in total. The molecule has 0 fully saturated rings. The number of halogens is 3. The average molecular weight is 224 g/mol. The highest BCUT2D eigenvalue weighted by molar-refractivity contribution is 5.89. The number of alkyl halides is 3. The largest absolute Gasteiger partial charge is 0.466 e. The van der Waals surface area contributed by atoms with Gasteiger partial charge in [0.25, 0.3) is 0 Å². The Balaban J connectivity index is 2.51. The van der Waals surface area contributed by atoms with Gasteiger partial charge in [0, 0.05) is 0 Å². The molecule has 9 heteroatoms. The van der Waals surface area contributed by atoms with Crippen LogP contribution in [0.4, 0.5) is 19.1 Å². The third-order valence-electron chi connectivity index (χ3n) is 1.27. The Bertz CT molecular complexity index is 348. The topological polar surface area (TPSA) is 79.9 Å². The van der Waals surface area contributed by atoms with E-state index in [1.165, 1.54) is 7.11 Å². The number of nitrogens with zero attached hydrogens (tertiary/aromatic N) is 2. The van der Waals surface area contributed by atoms with Crippen LogP contribution in [0.1, 0.15) is 6.42 Å². The van der Waals surface area contributed by atoms with Crippen LogP contribution in [0.3, 0.4) is 0 Å². The number of H-pyrrole nitrogens is 1. The Hall–Kier alpha value is -1.80. The number of hydrogen-bond acceptors (Lipinski definition) is 4. The fraction of sp³-hybridized carbons (Fsp3) is 0.500. The molecule has 0 saturated carbocycles. The van der Waals surface area contributed by atoms with Gasteiger partial charge >= 0.3 is 12.2 Å². The summed E-state index contributed by atoms with van der Waals surface area (Å²) in [6.07, 6.45) is -6.12. The van der Waals surface area contributed by atoms with Gasteiger partial charge in [0.1, 0.15) is 6.42 Å². The molecule has 0 bridgehead atoms. The van der Waals surface area contributed by atoms with Crippen LogP contribution in [0.5, 0.6) is 6.01 Å². The Labute approximate surface area is 81.8 Å². The number of methoxy groups -OCH3 is 1. The number of nitrogens with one attached hydrogen (secondary N) is 2. The van der Waals surface area contributed by atoms with Crippen LogP contribution in [0.2, 0.25) is 0 Å². The van der Waals surface area contributed by atoms with Crippen molar-refractivity contribution in [3.05, 3.63) is 0 Å². The second-order valence-electron chi connectivity index (χ2n) is 2.51. The molecular formula is C6H7F3N4O2. The van der Waals surface area contributed by atoms with E-state index in [1.54, 1.807) is 0 Å². The van der Waals surface area contributed by atoms with Crippen molar-refractivity contribution in [3.63, 3.8) is 0 Å². The van der Waals surface area contributed by atoms with E-state index in [0.29, 0.717) is 0 Å². The normalized spacial score (nSPS) is 11.2. The van der Waals surface area contributed by atoms with E-state index in [9.17, 15) is 18.0 Å². The lowest BCUT2D eigenvalue weighted by atomic mass is 10.4. The van der Waals surface area contributed by atoms with Gasteiger partial charge in [0.15, 0.2) is 0 Å². The summed E-state index contributed by atoms with van der Waals surface area (Å²) in [7, 11) is 1.28. The average Bonchev–Trinajstić information content (AvgIpc) is 2.48. The van der Waals surface area contributed by atoms with Crippen LogP contribution in [0, 0.1) is 0 Å². The maximum atomic E-state index is 11.7. The van der Waals surface area contributed by atoms with Gasteiger partial charge in [0.2, 0.25) is 11.9 Å². The highest BCUT2D eigenvalue weighted by Crippen LogP contribution is 2.19. The summed E-state index contributed by atoms with van der Waals surface area (Å²) in [5.74, 6) is -1.41. The lowest BCUT2D eigenvalue weighted by Gasteiger charge is -2.04. The van der Waals surface area contributed by atoms with Crippen LogP contribution in [0.25, 0.3) is 0 Å². The maximum Gasteiger partial charge on any atom is 0.397 e. The number of anilines is 1. The molecule has 0 aliphatic rings. The predicted molar refractivity (Wildman–Crippen MR) is 42.2 cm³/mol. The van der Waals surface area contributed by atoms with Gasteiger partial charge in [-0.1, -0.05) is 0 Å². The molecular weight excluding hydrogens is 217 g/mol. The summed E-state index contributed by atoms with van der Waals surface area (Å²) in [4.78, 5) is 14.3. The monoisotopic (exact) mass is 224 g/mol. The van der Waals surface area contributed by atoms with Gasteiger partial charge in [-0.05, 0) is 0 Å². The standard InChI is InChI=1S/C6H7F3N4O2/c1-15-5-11-4(12-13-5)10-3(14)2-6(7,8)9/h2H2,1H3,(H2,10,11,12,13,14). The molecule has 0 aliphatic heterocycles. The fourth-order valence-electron chi connectivity index (χ4n) is 0.752. The van der Waals surface area contributed by atoms with Crippen molar-refractivity contribution in [2.75, 3.05) is 12.4 Å². The Kier molecular flexibility index (Phi) is 3.12. The molecule has 0 unspecified atom stereocenters. The van der Waals surface area contributed by atoms with Gasteiger partial charge in [-0.3, -0.25) is 10.1 Å². The molecule has 1 aromatic rings. The molecule has 0 saturated heterocycles. The number of carbonyl (C=O) groups excluding carboxylic acids is 1. The van der Waals surface area contributed by atoms with E-state index < -0.39 is 18.5 Å². The minimum Gasteiger partial charge on any atom is -0.466 e. The number of amides is 1. The number of aromatic nitrogens is 3. The second kappa shape index (κ2) is 4.15. The molecule has 15 heavy (non-hydrogen) atoms. The SMILES string of the molecule is COc1n[nH]c(NC(=O)CC(F)(F)F)n1. The van der Waals surface area contributed by atoms with Crippen molar-refractivity contribution >= 4 is 11.9 Å². The molecule has 1 heterocycles. The molecule has 1 rings (SSSR count). The van der Waals surface area contributed by atoms with E-state index >= 15 is 0 Å². The first-order valence-electron chi connectivity index (χ1n) is 3.73. The van der Waals surface area contributed by atoms with E-state index in [2.05, 4.69) is 19.9 Å². The van der Waals surface area contributed by atoms with E-state index in [-0.39, 0.29) is 12.0 Å². The quantitative estimate of drug-likeness (QED) is 0.792. The minimum atomic E-state index is -4.55. The Morgan fingerprint density at radius 3 is 2.73 bits per heavy atom. The fourth-order valence-corrected chi connectivity index (χ4v) is 0.752. The Morgan fingerprint density at radius 2 is 2.27 bits per heavy atom. The summed E-state index contributed by atoms with van der Waals surface area (Å²) in [6, 6.07) is -0.0719. The zero-order valence-corrected chi connectivity index (χ0v) is 7.55. The van der Waals surface area contributed by atoms with Gasteiger partial charge in [-0.2, -0.15) is 18.2 Å². The highest BCUT2D eigenvalue weighted by atomic mass is 19.4. The number of ether oxygens (including phenoxy) is 1. The van der Waals surface area contributed by atoms with Crippen LogP contribution >= 0.6 is 0 Å². The van der Waals surface area contributed by atoms with Crippen molar-refractivity contribution in [3.8, 4) is 6.01 Å². The summed E-state index contributed by atoms with van der Waals surface area (Å²) < 4.78 is 39.8. The predicted octanol–water partition coefficient (Wildman–Crippen LogP) is 0.704. The summed E-state index contributed by atoms with van der Waals surface area (Å²) in [6.45, 7) is 0. The Morgan fingerprint density at radius 1 is 1.60 bits per heavy atom. The molecule has 0 aromatic carbocycles.